The highest BCUT2D eigenvalue weighted by molar-refractivity contribution is 5.95. The molecule has 2 rings (SSSR count). The molecule has 0 fully saturated rings. The predicted molar refractivity (Wildman–Crippen MR) is 96.9 cm³/mol. The second-order valence-corrected chi connectivity index (χ2v) is 5.83. The van der Waals surface area contributed by atoms with Crippen LogP contribution < -0.4 is 20.1 Å². The summed E-state index contributed by atoms with van der Waals surface area (Å²) in [6.07, 6.45) is 0. The van der Waals surface area contributed by atoms with Gasteiger partial charge in [0, 0.05) is 5.69 Å². The van der Waals surface area contributed by atoms with Crippen molar-refractivity contribution in [1.82, 2.24) is 0 Å². The van der Waals surface area contributed by atoms with Crippen molar-refractivity contribution < 1.29 is 14.3 Å². The number of rotatable bonds is 8. The zero-order chi connectivity index (χ0) is 17.4. The number of ether oxygens (including phenoxy) is 2. The van der Waals surface area contributed by atoms with Crippen LogP contribution in [0.3, 0.4) is 0 Å². The Morgan fingerprint density at radius 3 is 2.46 bits per heavy atom. The summed E-state index contributed by atoms with van der Waals surface area (Å²) in [5.74, 6) is 1.81. The molecule has 0 aliphatic rings. The van der Waals surface area contributed by atoms with Crippen molar-refractivity contribution in [2.75, 3.05) is 30.9 Å². The Hall–Kier alpha value is -2.69. The fraction of sp³-hybridized carbons (Fsp3) is 0.316. The van der Waals surface area contributed by atoms with Crippen LogP contribution in [0.25, 0.3) is 0 Å². The number of benzene rings is 2. The van der Waals surface area contributed by atoms with E-state index in [0.29, 0.717) is 24.0 Å². The molecule has 0 saturated carbocycles. The third-order valence-corrected chi connectivity index (χ3v) is 3.27. The van der Waals surface area contributed by atoms with Gasteiger partial charge in [0.1, 0.15) is 11.5 Å². The molecule has 0 spiro atoms. The van der Waals surface area contributed by atoms with Crippen LogP contribution >= 0.6 is 0 Å². The summed E-state index contributed by atoms with van der Waals surface area (Å²) in [6, 6.07) is 14.9. The molecule has 2 aromatic rings. The summed E-state index contributed by atoms with van der Waals surface area (Å²) in [5.41, 5.74) is 1.52. The lowest BCUT2D eigenvalue weighted by atomic mass is 10.2. The van der Waals surface area contributed by atoms with E-state index in [0.717, 1.165) is 11.4 Å². The van der Waals surface area contributed by atoms with Gasteiger partial charge in [-0.3, -0.25) is 4.79 Å². The number of carbonyl (C=O) groups excluding carboxylic acids is 1. The lowest BCUT2D eigenvalue weighted by Gasteiger charge is -2.12. The van der Waals surface area contributed by atoms with Gasteiger partial charge in [-0.25, -0.2) is 0 Å². The molecule has 0 aliphatic carbocycles. The normalized spacial score (nSPS) is 10.3. The maximum absolute atomic E-state index is 12.0. The molecular formula is C19H24N2O3. The van der Waals surface area contributed by atoms with Gasteiger partial charge >= 0.3 is 0 Å². The number of hydrogen-bond acceptors (Lipinski definition) is 4. The molecule has 0 aromatic heterocycles. The van der Waals surface area contributed by atoms with Crippen molar-refractivity contribution in [2.24, 2.45) is 5.92 Å². The minimum atomic E-state index is -0.139. The quantitative estimate of drug-likeness (QED) is 0.774. The SMILES string of the molecule is COc1ccccc1NC(=O)CNc1ccc(OCC(C)C)cc1. The van der Waals surface area contributed by atoms with Crippen LogP contribution in [0.4, 0.5) is 11.4 Å². The largest absolute Gasteiger partial charge is 0.495 e. The van der Waals surface area contributed by atoms with Crippen molar-refractivity contribution in [3.8, 4) is 11.5 Å². The smallest absolute Gasteiger partial charge is 0.243 e. The van der Waals surface area contributed by atoms with E-state index in [1.807, 2.05) is 36.4 Å². The molecule has 2 aromatic carbocycles. The molecule has 0 atom stereocenters. The van der Waals surface area contributed by atoms with Crippen molar-refractivity contribution in [3.63, 3.8) is 0 Å². The first-order valence-corrected chi connectivity index (χ1v) is 7.98. The van der Waals surface area contributed by atoms with E-state index in [1.165, 1.54) is 0 Å². The Balaban J connectivity index is 1.83. The topological polar surface area (TPSA) is 59.6 Å². The molecule has 0 aliphatic heterocycles. The van der Waals surface area contributed by atoms with Gasteiger partial charge < -0.3 is 20.1 Å². The minimum absolute atomic E-state index is 0.139. The highest BCUT2D eigenvalue weighted by atomic mass is 16.5. The average Bonchev–Trinajstić information content (AvgIpc) is 2.59. The highest BCUT2D eigenvalue weighted by Gasteiger charge is 2.06. The summed E-state index contributed by atoms with van der Waals surface area (Å²) < 4.78 is 10.8. The first-order valence-electron chi connectivity index (χ1n) is 7.98. The van der Waals surface area contributed by atoms with E-state index in [4.69, 9.17) is 9.47 Å². The maximum atomic E-state index is 12.0. The van der Waals surface area contributed by atoms with Crippen LogP contribution in [0.2, 0.25) is 0 Å². The molecular weight excluding hydrogens is 304 g/mol. The minimum Gasteiger partial charge on any atom is -0.495 e. The zero-order valence-electron chi connectivity index (χ0n) is 14.3. The van der Waals surface area contributed by atoms with Crippen LogP contribution in [0.5, 0.6) is 11.5 Å². The molecule has 0 bridgehead atoms. The van der Waals surface area contributed by atoms with Crippen molar-refractivity contribution in [2.45, 2.75) is 13.8 Å². The molecule has 24 heavy (non-hydrogen) atoms. The fourth-order valence-corrected chi connectivity index (χ4v) is 2.06. The summed E-state index contributed by atoms with van der Waals surface area (Å²) >= 11 is 0. The van der Waals surface area contributed by atoms with E-state index in [1.54, 1.807) is 19.2 Å². The molecule has 1 amide bonds. The molecule has 0 heterocycles. The molecule has 0 radical (unpaired) electrons. The summed E-state index contributed by atoms with van der Waals surface area (Å²) in [4.78, 5) is 12.0. The second kappa shape index (κ2) is 8.82. The van der Waals surface area contributed by atoms with E-state index in [-0.39, 0.29) is 12.5 Å². The first-order chi connectivity index (χ1) is 11.6. The van der Waals surface area contributed by atoms with E-state index >= 15 is 0 Å². The fourth-order valence-electron chi connectivity index (χ4n) is 2.06. The molecule has 2 N–H and O–H groups in total. The summed E-state index contributed by atoms with van der Waals surface area (Å²) in [5, 5.41) is 5.91. The van der Waals surface area contributed by atoms with Crippen LogP contribution in [0.15, 0.2) is 48.5 Å². The average molecular weight is 328 g/mol. The van der Waals surface area contributed by atoms with Gasteiger partial charge in [-0.15, -0.1) is 0 Å². The monoisotopic (exact) mass is 328 g/mol. The first kappa shape index (κ1) is 17.7. The number of anilines is 2. The second-order valence-electron chi connectivity index (χ2n) is 5.83. The molecule has 5 nitrogen and oxygen atoms in total. The highest BCUT2D eigenvalue weighted by Crippen LogP contribution is 2.23. The van der Waals surface area contributed by atoms with Crippen LogP contribution in [0, 0.1) is 5.92 Å². The summed E-state index contributed by atoms with van der Waals surface area (Å²) in [6.45, 7) is 5.07. The number of methoxy groups -OCH3 is 1. The Bertz CT molecular complexity index is 654. The number of carbonyl (C=O) groups is 1. The van der Waals surface area contributed by atoms with E-state index in [9.17, 15) is 4.79 Å². The van der Waals surface area contributed by atoms with Gasteiger partial charge in [0.05, 0.1) is 25.9 Å². The van der Waals surface area contributed by atoms with Crippen LogP contribution in [0.1, 0.15) is 13.8 Å². The van der Waals surface area contributed by atoms with Crippen LogP contribution in [-0.4, -0.2) is 26.2 Å². The number of para-hydroxylation sites is 2. The molecule has 0 unspecified atom stereocenters. The number of nitrogens with one attached hydrogen (secondary N) is 2. The Morgan fingerprint density at radius 2 is 1.79 bits per heavy atom. The van der Waals surface area contributed by atoms with Gasteiger partial charge in [0.25, 0.3) is 0 Å². The van der Waals surface area contributed by atoms with E-state index < -0.39 is 0 Å². The van der Waals surface area contributed by atoms with Crippen molar-refractivity contribution in [1.29, 1.82) is 0 Å². The Kier molecular flexibility index (Phi) is 6.49. The van der Waals surface area contributed by atoms with Crippen molar-refractivity contribution in [3.05, 3.63) is 48.5 Å². The van der Waals surface area contributed by atoms with Gasteiger partial charge in [0.2, 0.25) is 5.91 Å². The van der Waals surface area contributed by atoms with Crippen LogP contribution in [-0.2, 0) is 4.79 Å². The standard InChI is InChI=1S/C19H24N2O3/c1-14(2)13-24-16-10-8-15(9-11-16)20-12-19(22)21-17-6-4-5-7-18(17)23-3/h4-11,14,20H,12-13H2,1-3H3,(H,21,22). The number of hydrogen-bond donors (Lipinski definition) is 2. The Labute approximate surface area is 143 Å². The van der Waals surface area contributed by atoms with Gasteiger partial charge in [-0.05, 0) is 42.3 Å². The number of amides is 1. The maximum Gasteiger partial charge on any atom is 0.243 e. The van der Waals surface area contributed by atoms with E-state index in [2.05, 4.69) is 24.5 Å². The third kappa shape index (κ3) is 5.50. The molecule has 0 saturated heterocycles. The van der Waals surface area contributed by atoms with Gasteiger partial charge in [-0.2, -0.15) is 0 Å². The predicted octanol–water partition coefficient (Wildman–Crippen LogP) is 3.78. The third-order valence-electron chi connectivity index (χ3n) is 3.27. The summed E-state index contributed by atoms with van der Waals surface area (Å²) in [7, 11) is 1.58. The molecule has 128 valence electrons. The lowest BCUT2D eigenvalue weighted by molar-refractivity contribution is -0.114. The Morgan fingerprint density at radius 1 is 1.08 bits per heavy atom. The lowest BCUT2D eigenvalue weighted by Crippen LogP contribution is -2.22. The molecule has 5 heteroatoms. The zero-order valence-corrected chi connectivity index (χ0v) is 14.3. The van der Waals surface area contributed by atoms with Crippen molar-refractivity contribution >= 4 is 17.3 Å². The van der Waals surface area contributed by atoms with Gasteiger partial charge in [0.15, 0.2) is 0 Å². The van der Waals surface area contributed by atoms with Gasteiger partial charge in [-0.1, -0.05) is 26.0 Å².